The lowest BCUT2D eigenvalue weighted by Gasteiger charge is -2.45. The predicted octanol–water partition coefficient (Wildman–Crippen LogP) is 4.56. The topological polar surface area (TPSA) is 61.9 Å². The Bertz CT molecular complexity index is 1180. The van der Waals surface area contributed by atoms with Gasteiger partial charge >= 0.3 is 0 Å². The molecule has 0 aromatic heterocycles. The van der Waals surface area contributed by atoms with Crippen LogP contribution < -0.4 is 19.9 Å². The number of amides is 2. The first-order valence-electron chi connectivity index (χ1n) is 11.0. The highest BCUT2D eigenvalue weighted by molar-refractivity contribution is 7.80. The van der Waals surface area contributed by atoms with Crippen molar-refractivity contribution in [3.05, 3.63) is 58.7 Å². The molecule has 2 heterocycles. The minimum Gasteiger partial charge on any atom is -0.497 e. The van der Waals surface area contributed by atoms with Gasteiger partial charge in [0, 0.05) is 18.3 Å². The molecule has 0 aliphatic carbocycles. The minimum atomic E-state index is -0.488. The molecular formula is C26H29N3O3S. The van der Waals surface area contributed by atoms with Crippen LogP contribution in [0.3, 0.4) is 0 Å². The van der Waals surface area contributed by atoms with Gasteiger partial charge in [0.15, 0.2) is 5.11 Å². The van der Waals surface area contributed by atoms with Gasteiger partial charge in [-0.2, -0.15) is 0 Å². The van der Waals surface area contributed by atoms with Crippen molar-refractivity contribution in [2.24, 2.45) is 0 Å². The van der Waals surface area contributed by atoms with Crippen molar-refractivity contribution in [1.29, 1.82) is 0 Å². The summed E-state index contributed by atoms with van der Waals surface area (Å²) in [6.07, 6.45) is 2.70. The number of fused-ring (bicyclic) bond motifs is 1. The third kappa shape index (κ3) is 4.02. The fourth-order valence-electron chi connectivity index (χ4n) is 4.67. The van der Waals surface area contributed by atoms with Crippen LogP contribution in [0.2, 0.25) is 0 Å². The Hall–Kier alpha value is -3.19. The molecule has 1 atom stereocenters. The monoisotopic (exact) mass is 463 g/mol. The number of hydrogen-bond acceptors (Lipinski definition) is 5. The largest absolute Gasteiger partial charge is 0.497 e. The molecule has 1 N–H and O–H groups in total. The standard InChI is InChI=1S/C26H29N3O3S/c1-15-11-22-20(16(2)14-26(3,4)28(22)5)12-17(15)13-21-23(30)27-25(33)29(24(21)31)18-7-9-19(32-6)10-8-18/h7-13,16H,14H2,1-6H3,(H,27,30,33)/b21-13-. The third-order valence-electron chi connectivity index (χ3n) is 6.75. The number of nitrogens with one attached hydrogen (secondary N) is 1. The second-order valence-corrected chi connectivity index (χ2v) is 9.79. The number of thiocarbonyl (C=S) groups is 1. The molecule has 0 saturated carbocycles. The van der Waals surface area contributed by atoms with Crippen molar-refractivity contribution in [2.75, 3.05) is 24.0 Å². The normalized spacial score (nSPS) is 21.2. The van der Waals surface area contributed by atoms with Crippen LogP contribution in [0.25, 0.3) is 6.08 Å². The molecule has 1 fully saturated rings. The molecule has 4 rings (SSSR count). The van der Waals surface area contributed by atoms with E-state index in [1.807, 2.05) is 6.92 Å². The number of rotatable bonds is 3. The maximum Gasteiger partial charge on any atom is 0.270 e. The molecule has 1 unspecified atom stereocenters. The quantitative estimate of drug-likeness (QED) is 0.411. The summed E-state index contributed by atoms with van der Waals surface area (Å²) in [6, 6.07) is 11.2. The van der Waals surface area contributed by atoms with E-state index in [9.17, 15) is 9.59 Å². The molecule has 0 radical (unpaired) electrons. The van der Waals surface area contributed by atoms with Crippen molar-refractivity contribution in [3.8, 4) is 5.75 Å². The molecule has 2 aliphatic rings. The third-order valence-corrected chi connectivity index (χ3v) is 7.04. The number of anilines is 2. The van der Waals surface area contributed by atoms with Crippen molar-refractivity contribution in [3.63, 3.8) is 0 Å². The van der Waals surface area contributed by atoms with E-state index in [-0.39, 0.29) is 16.2 Å². The summed E-state index contributed by atoms with van der Waals surface area (Å²) < 4.78 is 5.19. The number of nitrogens with zero attached hydrogens (tertiary/aromatic N) is 2. The number of ether oxygens (including phenoxy) is 1. The summed E-state index contributed by atoms with van der Waals surface area (Å²) in [5.41, 5.74) is 4.96. The molecule has 6 nitrogen and oxygen atoms in total. The Balaban J connectivity index is 1.75. The summed E-state index contributed by atoms with van der Waals surface area (Å²) in [5.74, 6) is 0.0969. The Labute approximate surface area is 200 Å². The van der Waals surface area contributed by atoms with Crippen molar-refractivity contribution in [2.45, 2.75) is 45.6 Å². The van der Waals surface area contributed by atoms with Gasteiger partial charge in [-0.3, -0.25) is 19.8 Å². The number of hydrogen-bond donors (Lipinski definition) is 1. The molecule has 2 aliphatic heterocycles. The molecule has 172 valence electrons. The van der Waals surface area contributed by atoms with Crippen LogP contribution in [0, 0.1) is 6.92 Å². The molecule has 0 spiro atoms. The average Bonchev–Trinajstić information content (AvgIpc) is 2.75. The molecule has 0 bridgehead atoms. The molecule has 2 amide bonds. The molecule has 2 aromatic carbocycles. The van der Waals surface area contributed by atoms with Gasteiger partial charge < -0.3 is 9.64 Å². The highest BCUT2D eigenvalue weighted by atomic mass is 32.1. The SMILES string of the molecule is COc1ccc(N2C(=O)/C(=C\c3cc4c(cc3C)N(C)C(C)(C)CC4C)C(=O)NC2=S)cc1. The molecule has 2 aromatic rings. The van der Waals surface area contributed by atoms with E-state index < -0.39 is 11.8 Å². The zero-order valence-electron chi connectivity index (χ0n) is 19.9. The summed E-state index contributed by atoms with van der Waals surface area (Å²) in [6.45, 7) is 8.73. The van der Waals surface area contributed by atoms with Gasteiger partial charge in [-0.1, -0.05) is 6.92 Å². The molecule has 33 heavy (non-hydrogen) atoms. The van der Waals surface area contributed by atoms with E-state index in [4.69, 9.17) is 17.0 Å². The molecule has 1 saturated heterocycles. The number of aryl methyl sites for hydroxylation is 1. The van der Waals surface area contributed by atoms with E-state index in [0.717, 1.165) is 17.5 Å². The second-order valence-electron chi connectivity index (χ2n) is 9.40. The summed E-state index contributed by atoms with van der Waals surface area (Å²) >= 11 is 5.31. The Morgan fingerprint density at radius 1 is 1.18 bits per heavy atom. The van der Waals surface area contributed by atoms with Gasteiger partial charge in [-0.05, 0) is 104 Å². The van der Waals surface area contributed by atoms with E-state index in [0.29, 0.717) is 17.4 Å². The van der Waals surface area contributed by atoms with Gasteiger partial charge in [-0.15, -0.1) is 0 Å². The van der Waals surface area contributed by atoms with Crippen LogP contribution in [-0.4, -0.2) is 36.6 Å². The van der Waals surface area contributed by atoms with Crippen molar-refractivity contribution >= 4 is 46.6 Å². The first-order valence-corrected chi connectivity index (χ1v) is 11.4. The minimum absolute atomic E-state index is 0.0552. The van der Waals surface area contributed by atoms with E-state index in [1.165, 1.54) is 16.2 Å². The highest BCUT2D eigenvalue weighted by Crippen LogP contribution is 2.43. The fourth-order valence-corrected chi connectivity index (χ4v) is 4.95. The maximum absolute atomic E-state index is 13.4. The Kier molecular flexibility index (Phi) is 5.78. The number of benzene rings is 2. The van der Waals surface area contributed by atoms with Crippen LogP contribution in [0.15, 0.2) is 42.0 Å². The van der Waals surface area contributed by atoms with Gasteiger partial charge in [0.1, 0.15) is 11.3 Å². The predicted molar refractivity (Wildman–Crippen MR) is 136 cm³/mol. The van der Waals surface area contributed by atoms with E-state index in [2.05, 4.69) is 50.2 Å². The lowest BCUT2D eigenvalue weighted by molar-refractivity contribution is -0.122. The maximum atomic E-state index is 13.4. The van der Waals surface area contributed by atoms with E-state index >= 15 is 0 Å². The second kappa shape index (κ2) is 8.30. The highest BCUT2D eigenvalue weighted by Gasteiger charge is 2.36. The number of carbonyl (C=O) groups excluding carboxylic acids is 2. The lowest BCUT2D eigenvalue weighted by atomic mass is 9.79. The van der Waals surface area contributed by atoms with Gasteiger partial charge in [0.05, 0.1) is 12.8 Å². The van der Waals surface area contributed by atoms with Crippen LogP contribution >= 0.6 is 12.2 Å². The van der Waals surface area contributed by atoms with Gasteiger partial charge in [0.25, 0.3) is 11.8 Å². The Morgan fingerprint density at radius 3 is 2.48 bits per heavy atom. The van der Waals surface area contributed by atoms with E-state index in [1.54, 1.807) is 37.5 Å². The summed E-state index contributed by atoms with van der Waals surface area (Å²) in [4.78, 5) is 29.8. The first kappa shape index (κ1) is 23.0. The Morgan fingerprint density at radius 2 is 1.85 bits per heavy atom. The zero-order chi connectivity index (χ0) is 24.1. The van der Waals surface area contributed by atoms with Crippen molar-refractivity contribution in [1.82, 2.24) is 5.32 Å². The summed E-state index contributed by atoms with van der Waals surface area (Å²) in [7, 11) is 3.70. The van der Waals surface area contributed by atoms with Crippen molar-refractivity contribution < 1.29 is 14.3 Å². The van der Waals surface area contributed by atoms with Crippen LogP contribution in [-0.2, 0) is 9.59 Å². The fraction of sp³-hybridized carbons (Fsp3) is 0.346. The number of methoxy groups -OCH3 is 1. The number of carbonyl (C=O) groups is 2. The average molecular weight is 464 g/mol. The van der Waals surface area contributed by atoms with Gasteiger partial charge in [-0.25, -0.2) is 0 Å². The van der Waals surface area contributed by atoms with Gasteiger partial charge in [0.2, 0.25) is 0 Å². The smallest absolute Gasteiger partial charge is 0.270 e. The molecule has 7 heteroatoms. The first-order chi connectivity index (χ1) is 15.5. The van der Waals surface area contributed by atoms with Crippen LogP contribution in [0.1, 0.15) is 49.8 Å². The van der Waals surface area contributed by atoms with Crippen LogP contribution in [0.5, 0.6) is 5.75 Å². The lowest BCUT2D eigenvalue weighted by Crippen LogP contribution is -2.54. The van der Waals surface area contributed by atoms with Crippen LogP contribution in [0.4, 0.5) is 11.4 Å². The molecular weight excluding hydrogens is 434 g/mol. The summed E-state index contributed by atoms with van der Waals surface area (Å²) in [5, 5.41) is 2.72. The zero-order valence-corrected chi connectivity index (χ0v) is 20.7.